The van der Waals surface area contributed by atoms with Crippen LogP contribution in [0.4, 0.5) is 0 Å². The van der Waals surface area contributed by atoms with Crippen LogP contribution in [-0.4, -0.2) is 67.0 Å². The van der Waals surface area contributed by atoms with Gasteiger partial charge in [-0.25, -0.2) is 0 Å². The van der Waals surface area contributed by atoms with Crippen LogP contribution in [0.15, 0.2) is 24.4 Å². The minimum absolute atomic E-state index is 0.251. The standard InChI is InChI=1S/C17H28N4O/c1-18-11-6-17(22)20(2)16-8-13-21(14-9-16)12-7-15-5-3-4-10-19-15/h3-5,10,16,18H,6-9,11-14H2,1-2H3. The van der Waals surface area contributed by atoms with Crippen LogP contribution >= 0.6 is 0 Å². The van der Waals surface area contributed by atoms with E-state index in [-0.39, 0.29) is 5.91 Å². The largest absolute Gasteiger partial charge is 0.343 e. The summed E-state index contributed by atoms with van der Waals surface area (Å²) in [6.45, 7) is 3.95. The van der Waals surface area contributed by atoms with Gasteiger partial charge in [0.1, 0.15) is 0 Å². The highest BCUT2D eigenvalue weighted by Crippen LogP contribution is 2.16. The van der Waals surface area contributed by atoms with Crippen LogP contribution in [0.5, 0.6) is 0 Å². The SMILES string of the molecule is CNCCC(=O)N(C)C1CCN(CCc2ccccn2)CC1. The Kier molecular flexibility index (Phi) is 6.80. The van der Waals surface area contributed by atoms with E-state index in [1.54, 1.807) is 0 Å². The molecule has 1 N–H and O–H groups in total. The fraction of sp³-hybridized carbons (Fsp3) is 0.647. The zero-order valence-electron chi connectivity index (χ0n) is 13.8. The first-order valence-corrected chi connectivity index (χ1v) is 8.23. The highest BCUT2D eigenvalue weighted by Gasteiger charge is 2.24. The average molecular weight is 304 g/mol. The molecule has 0 aliphatic carbocycles. The molecule has 1 aromatic heterocycles. The molecule has 5 heteroatoms. The molecule has 1 saturated heterocycles. The molecule has 2 rings (SSSR count). The summed E-state index contributed by atoms with van der Waals surface area (Å²) < 4.78 is 0. The zero-order chi connectivity index (χ0) is 15.8. The molecule has 1 fully saturated rings. The lowest BCUT2D eigenvalue weighted by Crippen LogP contribution is -2.46. The number of aromatic nitrogens is 1. The first-order valence-electron chi connectivity index (χ1n) is 8.23. The van der Waals surface area contributed by atoms with E-state index >= 15 is 0 Å². The van der Waals surface area contributed by atoms with E-state index in [0.717, 1.165) is 51.1 Å². The summed E-state index contributed by atoms with van der Waals surface area (Å²) in [7, 11) is 3.83. The molecule has 0 aromatic carbocycles. The van der Waals surface area contributed by atoms with Gasteiger partial charge in [-0.3, -0.25) is 9.78 Å². The maximum atomic E-state index is 12.1. The first-order chi connectivity index (χ1) is 10.7. The van der Waals surface area contributed by atoms with Crippen molar-refractivity contribution in [2.24, 2.45) is 0 Å². The van der Waals surface area contributed by atoms with Gasteiger partial charge in [-0.2, -0.15) is 0 Å². The van der Waals surface area contributed by atoms with E-state index in [0.29, 0.717) is 12.5 Å². The molecular formula is C17H28N4O. The molecule has 0 unspecified atom stereocenters. The molecule has 5 nitrogen and oxygen atoms in total. The molecule has 0 atom stereocenters. The van der Waals surface area contributed by atoms with Gasteiger partial charge < -0.3 is 15.1 Å². The van der Waals surface area contributed by atoms with Crippen molar-refractivity contribution < 1.29 is 4.79 Å². The van der Waals surface area contributed by atoms with Crippen molar-refractivity contribution in [2.75, 3.05) is 40.3 Å². The van der Waals surface area contributed by atoms with Crippen LogP contribution in [0.1, 0.15) is 25.0 Å². The van der Waals surface area contributed by atoms with E-state index in [9.17, 15) is 4.79 Å². The molecule has 22 heavy (non-hydrogen) atoms. The molecular weight excluding hydrogens is 276 g/mol. The van der Waals surface area contributed by atoms with Gasteiger partial charge in [0.25, 0.3) is 0 Å². The fourth-order valence-corrected chi connectivity index (χ4v) is 2.96. The number of nitrogens with one attached hydrogen (secondary N) is 1. The molecule has 0 bridgehead atoms. The van der Waals surface area contributed by atoms with Crippen LogP contribution in [-0.2, 0) is 11.2 Å². The summed E-state index contributed by atoms with van der Waals surface area (Å²) in [5.74, 6) is 0.251. The molecule has 2 heterocycles. The van der Waals surface area contributed by atoms with Crippen LogP contribution in [0, 0.1) is 0 Å². The number of hydrogen-bond donors (Lipinski definition) is 1. The number of carbonyl (C=O) groups is 1. The minimum Gasteiger partial charge on any atom is -0.343 e. The van der Waals surface area contributed by atoms with E-state index in [1.165, 1.54) is 0 Å². The zero-order valence-corrected chi connectivity index (χ0v) is 13.8. The van der Waals surface area contributed by atoms with E-state index < -0.39 is 0 Å². The van der Waals surface area contributed by atoms with Crippen LogP contribution < -0.4 is 5.32 Å². The van der Waals surface area contributed by atoms with Crippen molar-refractivity contribution >= 4 is 5.91 Å². The van der Waals surface area contributed by atoms with Gasteiger partial charge in [-0.15, -0.1) is 0 Å². The Labute approximate surface area is 133 Å². The fourth-order valence-electron chi connectivity index (χ4n) is 2.96. The molecule has 1 aliphatic heterocycles. The topological polar surface area (TPSA) is 48.5 Å². The normalized spacial score (nSPS) is 16.6. The highest BCUT2D eigenvalue weighted by atomic mass is 16.2. The molecule has 1 aliphatic rings. The Morgan fingerprint density at radius 1 is 1.41 bits per heavy atom. The lowest BCUT2D eigenvalue weighted by Gasteiger charge is -2.36. The Hall–Kier alpha value is -1.46. The number of piperidine rings is 1. The second kappa shape index (κ2) is 8.86. The Balaban J connectivity index is 1.70. The number of rotatable bonds is 7. The first kappa shape index (κ1) is 16.9. The third-order valence-corrected chi connectivity index (χ3v) is 4.50. The second-order valence-electron chi connectivity index (χ2n) is 6.00. The maximum absolute atomic E-state index is 12.1. The summed E-state index contributed by atoms with van der Waals surface area (Å²) in [6, 6.07) is 6.48. The van der Waals surface area contributed by atoms with Crippen LogP contribution in [0.2, 0.25) is 0 Å². The second-order valence-corrected chi connectivity index (χ2v) is 6.00. The number of nitrogens with zero attached hydrogens (tertiary/aromatic N) is 3. The van der Waals surface area contributed by atoms with Gasteiger partial charge in [-0.1, -0.05) is 6.07 Å². The lowest BCUT2D eigenvalue weighted by atomic mass is 10.0. The van der Waals surface area contributed by atoms with Crippen molar-refractivity contribution in [2.45, 2.75) is 31.7 Å². The predicted molar refractivity (Wildman–Crippen MR) is 88.7 cm³/mol. The molecule has 122 valence electrons. The van der Waals surface area contributed by atoms with E-state index in [4.69, 9.17) is 0 Å². The van der Waals surface area contributed by atoms with E-state index in [1.807, 2.05) is 37.3 Å². The third-order valence-electron chi connectivity index (χ3n) is 4.50. The highest BCUT2D eigenvalue weighted by molar-refractivity contribution is 5.76. The molecule has 0 radical (unpaired) electrons. The lowest BCUT2D eigenvalue weighted by molar-refractivity contribution is -0.132. The summed E-state index contributed by atoms with van der Waals surface area (Å²) in [4.78, 5) is 20.9. The Bertz CT molecular complexity index is 443. The van der Waals surface area contributed by atoms with Gasteiger partial charge in [0, 0.05) is 64.0 Å². The number of pyridine rings is 1. The van der Waals surface area contributed by atoms with Crippen molar-refractivity contribution in [1.29, 1.82) is 0 Å². The molecule has 0 spiro atoms. The average Bonchev–Trinajstić information content (AvgIpc) is 2.58. The van der Waals surface area contributed by atoms with Gasteiger partial charge >= 0.3 is 0 Å². The Morgan fingerprint density at radius 3 is 2.82 bits per heavy atom. The molecule has 1 aromatic rings. The monoisotopic (exact) mass is 304 g/mol. The molecule has 0 saturated carbocycles. The summed E-state index contributed by atoms with van der Waals surface area (Å²) in [5, 5.41) is 3.03. The number of carbonyl (C=O) groups excluding carboxylic acids is 1. The van der Waals surface area contributed by atoms with Crippen molar-refractivity contribution in [3.63, 3.8) is 0 Å². The smallest absolute Gasteiger partial charge is 0.223 e. The Morgan fingerprint density at radius 2 is 2.18 bits per heavy atom. The molecule has 1 amide bonds. The van der Waals surface area contributed by atoms with Crippen LogP contribution in [0.25, 0.3) is 0 Å². The van der Waals surface area contributed by atoms with Gasteiger partial charge in [0.05, 0.1) is 0 Å². The minimum atomic E-state index is 0.251. The maximum Gasteiger partial charge on any atom is 0.223 e. The van der Waals surface area contributed by atoms with Crippen LogP contribution in [0.3, 0.4) is 0 Å². The van der Waals surface area contributed by atoms with Crippen molar-refractivity contribution in [3.8, 4) is 0 Å². The van der Waals surface area contributed by atoms with Crippen molar-refractivity contribution in [1.82, 2.24) is 20.1 Å². The van der Waals surface area contributed by atoms with Gasteiger partial charge in [0.2, 0.25) is 5.91 Å². The number of amides is 1. The summed E-state index contributed by atoms with van der Waals surface area (Å²) in [5.41, 5.74) is 1.16. The third kappa shape index (κ3) is 5.07. The van der Waals surface area contributed by atoms with Crippen molar-refractivity contribution in [3.05, 3.63) is 30.1 Å². The number of hydrogen-bond acceptors (Lipinski definition) is 4. The number of likely N-dealkylation sites (tertiary alicyclic amines) is 1. The quantitative estimate of drug-likeness (QED) is 0.821. The summed E-state index contributed by atoms with van der Waals surface area (Å²) in [6.07, 6.45) is 5.59. The summed E-state index contributed by atoms with van der Waals surface area (Å²) >= 11 is 0. The predicted octanol–water partition coefficient (Wildman–Crippen LogP) is 1.16. The van der Waals surface area contributed by atoms with Gasteiger partial charge in [-0.05, 0) is 32.0 Å². The van der Waals surface area contributed by atoms with Gasteiger partial charge in [0.15, 0.2) is 0 Å². The van der Waals surface area contributed by atoms with E-state index in [2.05, 4.69) is 21.3 Å².